The first-order chi connectivity index (χ1) is 16.0. The first-order valence-corrected chi connectivity index (χ1v) is 11.9. The molecule has 4 unspecified atom stereocenters. The molecule has 2 saturated carbocycles. The molecule has 0 aliphatic heterocycles. The lowest BCUT2D eigenvalue weighted by Gasteiger charge is -2.42. The summed E-state index contributed by atoms with van der Waals surface area (Å²) in [5.41, 5.74) is 1.60. The second-order valence-corrected chi connectivity index (χ2v) is 9.51. The highest BCUT2D eigenvalue weighted by Crippen LogP contribution is 2.48. The van der Waals surface area contributed by atoms with Crippen molar-refractivity contribution in [2.45, 2.75) is 57.3 Å². The fourth-order valence-electron chi connectivity index (χ4n) is 5.75. The second-order valence-electron chi connectivity index (χ2n) is 9.51. The van der Waals surface area contributed by atoms with E-state index in [0.717, 1.165) is 36.3 Å². The van der Waals surface area contributed by atoms with Crippen LogP contribution in [0.1, 0.15) is 73.2 Å². The van der Waals surface area contributed by atoms with E-state index in [0.29, 0.717) is 11.5 Å². The van der Waals surface area contributed by atoms with Gasteiger partial charge in [0, 0.05) is 12.1 Å². The molecule has 2 aromatic rings. The van der Waals surface area contributed by atoms with Crippen molar-refractivity contribution in [2.75, 3.05) is 7.11 Å². The van der Waals surface area contributed by atoms with Crippen molar-refractivity contribution in [3.63, 3.8) is 0 Å². The molecule has 3 nitrogen and oxygen atoms in total. The van der Waals surface area contributed by atoms with E-state index in [1.165, 1.54) is 57.6 Å². The topological polar surface area (TPSA) is 35.5 Å². The fraction of sp³-hybridized carbons (Fsp3) is 0.464. The molecule has 2 fully saturated rings. The van der Waals surface area contributed by atoms with Crippen LogP contribution in [0.4, 0.5) is 8.78 Å². The molecule has 2 aromatic carbocycles. The third kappa shape index (κ3) is 5.45. The van der Waals surface area contributed by atoms with Crippen LogP contribution >= 0.6 is 0 Å². The van der Waals surface area contributed by atoms with Gasteiger partial charge in [-0.15, -0.1) is 6.58 Å². The van der Waals surface area contributed by atoms with Crippen molar-refractivity contribution in [3.05, 3.63) is 71.8 Å². The molecule has 0 bridgehead atoms. The van der Waals surface area contributed by atoms with Gasteiger partial charge in [-0.2, -0.15) is 0 Å². The van der Waals surface area contributed by atoms with Crippen LogP contribution in [0.25, 0.3) is 0 Å². The number of hydrogen-bond donors (Lipinski definition) is 0. The number of carbonyl (C=O) groups excluding carboxylic acids is 1. The van der Waals surface area contributed by atoms with Gasteiger partial charge in [0.05, 0.1) is 12.7 Å². The molecule has 0 heterocycles. The Morgan fingerprint density at radius 1 is 1.03 bits per heavy atom. The van der Waals surface area contributed by atoms with E-state index in [1.807, 2.05) is 18.2 Å². The van der Waals surface area contributed by atoms with Crippen LogP contribution in [0.3, 0.4) is 0 Å². The van der Waals surface area contributed by atoms with Crippen LogP contribution in [0.2, 0.25) is 0 Å². The molecule has 4 atom stereocenters. The van der Waals surface area contributed by atoms with E-state index in [4.69, 9.17) is 4.74 Å². The number of benzene rings is 2. The summed E-state index contributed by atoms with van der Waals surface area (Å²) in [6, 6.07) is 9.36. The number of ether oxygens (including phenoxy) is 2. The Morgan fingerprint density at radius 2 is 1.70 bits per heavy atom. The SMILES string of the molecule is C=CCCC1CCC2CC(c3ccc(C(=O)Oc4cc(F)c(OC)c(F)c4)cc3)CCC2C1. The zero-order valence-corrected chi connectivity index (χ0v) is 19.2. The second kappa shape index (κ2) is 10.5. The molecular weight excluding hydrogens is 422 g/mol. The average Bonchev–Trinajstić information content (AvgIpc) is 2.82. The Labute approximate surface area is 194 Å². The van der Waals surface area contributed by atoms with Gasteiger partial charge in [-0.3, -0.25) is 0 Å². The average molecular weight is 455 g/mol. The molecule has 0 radical (unpaired) electrons. The fourth-order valence-corrected chi connectivity index (χ4v) is 5.75. The monoisotopic (exact) mass is 454 g/mol. The van der Waals surface area contributed by atoms with Gasteiger partial charge >= 0.3 is 5.97 Å². The minimum atomic E-state index is -0.916. The lowest BCUT2D eigenvalue weighted by atomic mass is 9.63. The Kier molecular flexibility index (Phi) is 7.46. The van der Waals surface area contributed by atoms with Crippen molar-refractivity contribution in [1.29, 1.82) is 0 Å². The molecular formula is C28H32F2O3. The molecule has 2 aliphatic rings. The minimum Gasteiger partial charge on any atom is -0.491 e. The van der Waals surface area contributed by atoms with Crippen molar-refractivity contribution >= 4 is 5.97 Å². The predicted molar refractivity (Wildman–Crippen MR) is 125 cm³/mol. The number of allylic oxidation sites excluding steroid dienone is 1. The Bertz CT molecular complexity index is 962. The standard InChI is InChI=1S/C28H32F2O3/c1-3-4-5-18-6-7-23-15-22(13-12-21(23)14-18)19-8-10-20(11-9-19)28(31)33-24-16-25(29)27(32-2)26(30)17-24/h3,8-11,16-18,21-23H,1,4-7,12-15H2,2H3. The number of hydrogen-bond acceptors (Lipinski definition) is 3. The number of esters is 1. The Balaban J connectivity index is 1.35. The summed E-state index contributed by atoms with van der Waals surface area (Å²) in [5.74, 6) is -0.141. The molecule has 5 heteroatoms. The Hall–Kier alpha value is -2.69. The zero-order valence-electron chi connectivity index (χ0n) is 19.2. The van der Waals surface area contributed by atoms with Crippen molar-refractivity contribution < 1.29 is 23.0 Å². The van der Waals surface area contributed by atoms with Crippen LogP contribution in [-0.4, -0.2) is 13.1 Å². The summed E-state index contributed by atoms with van der Waals surface area (Å²) < 4.78 is 37.5. The van der Waals surface area contributed by atoms with Crippen molar-refractivity contribution in [2.24, 2.45) is 17.8 Å². The van der Waals surface area contributed by atoms with Crippen LogP contribution in [0, 0.1) is 29.4 Å². The highest BCUT2D eigenvalue weighted by Gasteiger charge is 2.35. The molecule has 0 N–H and O–H groups in total. The van der Waals surface area contributed by atoms with Gasteiger partial charge in [0.25, 0.3) is 0 Å². The number of carbonyl (C=O) groups is 1. The van der Waals surface area contributed by atoms with E-state index in [-0.39, 0.29) is 5.75 Å². The maximum Gasteiger partial charge on any atom is 0.343 e. The van der Waals surface area contributed by atoms with E-state index in [9.17, 15) is 13.6 Å². The van der Waals surface area contributed by atoms with Gasteiger partial charge in [0.1, 0.15) is 5.75 Å². The van der Waals surface area contributed by atoms with Crippen LogP contribution in [0.5, 0.6) is 11.5 Å². The third-order valence-electron chi connectivity index (χ3n) is 7.50. The molecule has 176 valence electrons. The predicted octanol–water partition coefficient (Wildman–Crippen LogP) is 7.46. The van der Waals surface area contributed by atoms with E-state index in [2.05, 4.69) is 11.3 Å². The summed E-state index contributed by atoms with van der Waals surface area (Å²) in [6.07, 6.45) is 12.1. The van der Waals surface area contributed by atoms with Crippen LogP contribution < -0.4 is 9.47 Å². The number of rotatable bonds is 7. The summed E-state index contributed by atoms with van der Waals surface area (Å²) in [4.78, 5) is 12.5. The highest BCUT2D eigenvalue weighted by molar-refractivity contribution is 5.91. The third-order valence-corrected chi connectivity index (χ3v) is 7.50. The molecule has 4 rings (SSSR count). The molecule has 0 amide bonds. The lowest BCUT2D eigenvalue weighted by molar-refractivity contribution is 0.0733. The van der Waals surface area contributed by atoms with Gasteiger partial charge in [0.2, 0.25) is 0 Å². The maximum atomic E-state index is 13.9. The molecule has 0 aromatic heterocycles. The molecule has 2 aliphatic carbocycles. The van der Waals surface area contributed by atoms with Gasteiger partial charge in [-0.1, -0.05) is 24.6 Å². The van der Waals surface area contributed by atoms with E-state index < -0.39 is 23.4 Å². The van der Waals surface area contributed by atoms with Crippen molar-refractivity contribution in [3.8, 4) is 11.5 Å². The highest BCUT2D eigenvalue weighted by atomic mass is 19.1. The molecule has 0 spiro atoms. The normalized spacial score (nSPS) is 24.6. The maximum absolute atomic E-state index is 13.9. The largest absolute Gasteiger partial charge is 0.491 e. The lowest BCUT2D eigenvalue weighted by Crippen LogP contribution is -2.30. The minimum absolute atomic E-state index is 0.193. The zero-order chi connectivity index (χ0) is 23.4. The summed E-state index contributed by atoms with van der Waals surface area (Å²) in [5, 5.41) is 0. The molecule has 33 heavy (non-hydrogen) atoms. The van der Waals surface area contributed by atoms with Gasteiger partial charge in [-0.05, 0) is 86.3 Å². The van der Waals surface area contributed by atoms with Gasteiger partial charge < -0.3 is 9.47 Å². The number of halogens is 2. The first kappa shape index (κ1) is 23.5. The number of fused-ring (bicyclic) bond motifs is 1. The quantitative estimate of drug-likeness (QED) is 0.247. The summed E-state index contributed by atoms with van der Waals surface area (Å²) in [6.45, 7) is 3.86. The first-order valence-electron chi connectivity index (χ1n) is 11.9. The smallest absolute Gasteiger partial charge is 0.343 e. The van der Waals surface area contributed by atoms with E-state index in [1.54, 1.807) is 12.1 Å². The van der Waals surface area contributed by atoms with Crippen LogP contribution in [-0.2, 0) is 0 Å². The summed E-state index contributed by atoms with van der Waals surface area (Å²) in [7, 11) is 1.18. The van der Waals surface area contributed by atoms with E-state index >= 15 is 0 Å². The Morgan fingerprint density at radius 3 is 2.36 bits per heavy atom. The van der Waals surface area contributed by atoms with Crippen molar-refractivity contribution in [1.82, 2.24) is 0 Å². The van der Waals surface area contributed by atoms with Gasteiger partial charge in [-0.25, -0.2) is 13.6 Å². The molecule has 0 saturated heterocycles. The van der Waals surface area contributed by atoms with Gasteiger partial charge in [0.15, 0.2) is 17.4 Å². The van der Waals surface area contributed by atoms with Crippen LogP contribution in [0.15, 0.2) is 49.1 Å². The summed E-state index contributed by atoms with van der Waals surface area (Å²) >= 11 is 0. The number of methoxy groups -OCH3 is 1.